The molecular weight excluding hydrogens is 616 g/mol. The van der Waals surface area contributed by atoms with Gasteiger partial charge in [0.1, 0.15) is 34.6 Å². The zero-order valence-corrected chi connectivity index (χ0v) is 28.7. The second kappa shape index (κ2) is 14.0. The number of aryl methyl sites for hydroxylation is 1. The summed E-state index contributed by atoms with van der Waals surface area (Å²) in [5, 5.41) is 19.0. The molecule has 0 saturated carbocycles. The Balaban J connectivity index is 0.00000433. The molecule has 4 aromatic rings. The Bertz CT molecular complexity index is 1820. The average Bonchev–Trinajstić information content (AvgIpc) is 3.47. The molecule has 1 aromatic heterocycles. The first-order valence-corrected chi connectivity index (χ1v) is 15.2. The van der Waals surface area contributed by atoms with Gasteiger partial charge in [0, 0.05) is 42.8 Å². The van der Waals surface area contributed by atoms with Crippen molar-refractivity contribution in [3.05, 3.63) is 83.4 Å². The maximum atomic E-state index is 14.6. The van der Waals surface area contributed by atoms with Crippen LogP contribution in [-0.4, -0.2) is 59.2 Å². The molecule has 3 aromatic carbocycles. The van der Waals surface area contributed by atoms with Crippen LogP contribution in [0.2, 0.25) is 0 Å². The van der Waals surface area contributed by atoms with Crippen molar-refractivity contribution in [1.29, 1.82) is 0 Å². The van der Waals surface area contributed by atoms with Crippen LogP contribution in [0, 0.1) is 11.7 Å². The van der Waals surface area contributed by atoms with E-state index >= 15 is 0 Å². The molecule has 1 saturated heterocycles. The summed E-state index contributed by atoms with van der Waals surface area (Å²) in [4.78, 5) is 40.5. The Morgan fingerprint density at radius 2 is 1.66 bits per heavy atom. The van der Waals surface area contributed by atoms with Gasteiger partial charge in [0.15, 0.2) is 11.6 Å². The fourth-order valence-electron chi connectivity index (χ4n) is 6.40. The zero-order chi connectivity index (χ0) is 32.6. The summed E-state index contributed by atoms with van der Waals surface area (Å²) in [5.41, 5.74) is 0.984. The molecule has 2 aliphatic rings. The molecule has 1 fully saturated rings. The Morgan fingerprint density at radius 1 is 1.02 bits per heavy atom. The summed E-state index contributed by atoms with van der Waals surface area (Å²) >= 11 is 0. The first kappa shape index (κ1) is 34.3. The quantitative estimate of drug-likeness (QED) is 0.162. The van der Waals surface area contributed by atoms with Crippen LogP contribution in [0.3, 0.4) is 0 Å². The average molecular weight is 650 g/mol. The standard InChI is InChI=1S/C35H34FN3O7.Na/c1-4-44-28-16-22(17-29(45-5-2)30(28)23-18-38-39(3)19-23)32(40)31-33(41)25-15-21(20-6-8-26(36)24(14-20)34(42)43)7-9-27(25)46-35(31)10-12-37-13-11-35;/h6-9,14-19,31,37H,4-5,10-13H2,1-3H3,(H,42,43);/q;+1/p-1/t31-;/m1./s1. The van der Waals surface area contributed by atoms with E-state index in [0.717, 1.165) is 17.7 Å². The second-order valence-electron chi connectivity index (χ2n) is 11.4. The zero-order valence-electron chi connectivity index (χ0n) is 26.7. The van der Waals surface area contributed by atoms with Gasteiger partial charge < -0.3 is 29.4 Å². The maximum absolute atomic E-state index is 14.6. The number of ketones is 2. The molecule has 0 aliphatic carbocycles. The molecule has 10 nitrogen and oxygen atoms in total. The van der Waals surface area contributed by atoms with E-state index in [0.29, 0.717) is 73.1 Å². The number of ether oxygens (including phenoxy) is 3. The minimum absolute atomic E-state index is 0. The number of hydrogen-bond donors (Lipinski definition) is 1. The molecule has 0 unspecified atom stereocenters. The number of nitrogens with one attached hydrogen (secondary N) is 1. The third kappa shape index (κ3) is 6.45. The van der Waals surface area contributed by atoms with Crippen molar-refractivity contribution in [2.45, 2.75) is 32.3 Å². The number of halogens is 1. The van der Waals surface area contributed by atoms with Crippen LogP contribution in [0.5, 0.6) is 17.2 Å². The van der Waals surface area contributed by atoms with Crippen molar-refractivity contribution in [2.24, 2.45) is 13.0 Å². The smallest absolute Gasteiger partial charge is 0.545 e. The van der Waals surface area contributed by atoms with Crippen molar-refractivity contribution in [1.82, 2.24) is 15.1 Å². The van der Waals surface area contributed by atoms with Crippen LogP contribution in [0.15, 0.2) is 60.9 Å². The summed E-state index contributed by atoms with van der Waals surface area (Å²) < 4.78 is 34.4. The number of aromatic nitrogens is 2. The van der Waals surface area contributed by atoms with Crippen molar-refractivity contribution in [3.8, 4) is 39.5 Å². The molecule has 0 radical (unpaired) electrons. The largest absolute Gasteiger partial charge is 1.00 e. The first-order chi connectivity index (χ1) is 22.2. The predicted octanol–water partition coefficient (Wildman–Crippen LogP) is 1.25. The molecule has 47 heavy (non-hydrogen) atoms. The maximum Gasteiger partial charge on any atom is 1.00 e. The molecule has 6 rings (SSSR count). The topological polar surface area (TPSA) is 132 Å². The van der Waals surface area contributed by atoms with E-state index in [9.17, 15) is 23.9 Å². The molecule has 1 atom stereocenters. The van der Waals surface area contributed by atoms with Gasteiger partial charge in [0.2, 0.25) is 0 Å². The number of nitrogens with zero attached hydrogens (tertiary/aromatic N) is 2. The first-order valence-electron chi connectivity index (χ1n) is 15.2. The van der Waals surface area contributed by atoms with Crippen molar-refractivity contribution >= 4 is 17.5 Å². The van der Waals surface area contributed by atoms with Crippen LogP contribution < -0.4 is 54.2 Å². The number of hydrogen-bond acceptors (Lipinski definition) is 9. The number of fused-ring (bicyclic) bond motifs is 1. The number of aromatic carboxylic acids is 1. The third-order valence-electron chi connectivity index (χ3n) is 8.52. The van der Waals surface area contributed by atoms with Gasteiger partial charge in [0.05, 0.1) is 36.5 Å². The number of carboxylic acids is 1. The summed E-state index contributed by atoms with van der Waals surface area (Å²) in [6, 6.07) is 11.8. The van der Waals surface area contributed by atoms with Crippen molar-refractivity contribution < 1.29 is 67.6 Å². The van der Waals surface area contributed by atoms with E-state index in [1.165, 1.54) is 6.07 Å². The number of carbonyl (C=O) groups excluding carboxylic acids is 3. The normalized spacial score (nSPS) is 16.5. The van der Waals surface area contributed by atoms with Gasteiger partial charge in [0.25, 0.3) is 0 Å². The SMILES string of the molecule is CCOc1cc(C(=O)[C@@H]2C(=O)c3cc(-c4ccc(F)c(C(=O)[O-])c4)ccc3OC23CCNCC3)cc(OCC)c1-c1cnn(C)c1.[Na+]. The Kier molecular flexibility index (Phi) is 10.2. The summed E-state index contributed by atoms with van der Waals surface area (Å²) in [5.74, 6) is -3.41. The Morgan fingerprint density at radius 3 is 2.26 bits per heavy atom. The molecule has 0 bridgehead atoms. The van der Waals surface area contributed by atoms with Gasteiger partial charge in [-0.25, -0.2) is 4.39 Å². The molecule has 12 heteroatoms. The van der Waals surface area contributed by atoms with Gasteiger partial charge in [-0.05, 0) is 74.5 Å². The number of rotatable bonds is 9. The van der Waals surface area contributed by atoms with Gasteiger partial charge in [-0.1, -0.05) is 12.1 Å². The van der Waals surface area contributed by atoms with Crippen molar-refractivity contribution in [3.63, 3.8) is 0 Å². The second-order valence-corrected chi connectivity index (χ2v) is 11.4. The summed E-state index contributed by atoms with van der Waals surface area (Å²) in [7, 11) is 1.80. The van der Waals surface area contributed by atoms with E-state index in [4.69, 9.17) is 14.2 Å². The van der Waals surface area contributed by atoms with E-state index in [1.54, 1.807) is 48.3 Å². The van der Waals surface area contributed by atoms with Crippen LogP contribution in [0.1, 0.15) is 57.8 Å². The molecule has 0 amide bonds. The fraction of sp³-hybridized carbons (Fsp3) is 0.314. The van der Waals surface area contributed by atoms with Crippen LogP contribution in [0.4, 0.5) is 4.39 Å². The van der Waals surface area contributed by atoms with Crippen molar-refractivity contribution in [2.75, 3.05) is 26.3 Å². The number of carboxylic acid groups (broad SMARTS) is 1. The van der Waals surface area contributed by atoms with Crippen LogP contribution in [0.25, 0.3) is 22.3 Å². The number of Topliss-reactive ketones (excluding diaryl/α,β-unsaturated/α-hetero) is 2. The van der Waals surface area contributed by atoms with Gasteiger partial charge in [-0.15, -0.1) is 0 Å². The summed E-state index contributed by atoms with van der Waals surface area (Å²) in [6.45, 7) is 5.46. The minimum atomic E-state index is -1.65. The monoisotopic (exact) mass is 649 g/mol. The molecule has 3 heterocycles. The predicted molar refractivity (Wildman–Crippen MR) is 165 cm³/mol. The molecule has 2 aliphatic heterocycles. The van der Waals surface area contributed by atoms with E-state index < -0.39 is 40.4 Å². The fourth-order valence-corrected chi connectivity index (χ4v) is 6.40. The minimum Gasteiger partial charge on any atom is -0.545 e. The van der Waals surface area contributed by atoms with E-state index in [2.05, 4.69) is 10.4 Å². The van der Waals surface area contributed by atoms with E-state index in [1.807, 2.05) is 20.0 Å². The molecule has 238 valence electrons. The number of benzene rings is 3. The summed E-state index contributed by atoms with van der Waals surface area (Å²) in [6.07, 6.45) is 4.37. The van der Waals surface area contributed by atoms with Crippen LogP contribution >= 0.6 is 0 Å². The van der Waals surface area contributed by atoms with E-state index in [-0.39, 0.29) is 40.7 Å². The molecule has 1 spiro atoms. The Labute approximate surface area is 293 Å². The number of carbonyl (C=O) groups is 3. The molecule has 1 N–H and O–H groups in total. The number of piperidine rings is 1. The van der Waals surface area contributed by atoms with Gasteiger partial charge >= 0.3 is 29.6 Å². The van der Waals surface area contributed by atoms with Gasteiger partial charge in [-0.2, -0.15) is 5.10 Å². The Hall–Kier alpha value is -4.03. The van der Waals surface area contributed by atoms with Crippen LogP contribution in [-0.2, 0) is 7.05 Å². The van der Waals surface area contributed by atoms with Gasteiger partial charge in [-0.3, -0.25) is 14.3 Å². The molecular formula is C35H33FN3NaO7. The third-order valence-corrected chi connectivity index (χ3v) is 8.52.